The fourth-order valence-electron chi connectivity index (χ4n) is 3.09. The molecule has 23 heavy (non-hydrogen) atoms. The summed E-state index contributed by atoms with van der Waals surface area (Å²) in [4.78, 5) is 10.7. The van der Waals surface area contributed by atoms with Crippen molar-refractivity contribution >= 4 is 11.7 Å². The van der Waals surface area contributed by atoms with E-state index in [1.165, 1.54) is 0 Å². The molecule has 0 spiro atoms. The third kappa shape index (κ3) is 3.41. The lowest BCUT2D eigenvalue weighted by molar-refractivity contribution is -0.136. The van der Waals surface area contributed by atoms with Crippen LogP contribution in [0.4, 0.5) is 0 Å². The summed E-state index contributed by atoms with van der Waals surface area (Å²) in [5.74, 6) is 0.839. The average Bonchev–Trinajstić information content (AvgIpc) is 2.89. The van der Waals surface area contributed by atoms with Crippen LogP contribution in [-0.2, 0) is 22.6 Å². The van der Waals surface area contributed by atoms with Gasteiger partial charge in [-0.1, -0.05) is 18.2 Å². The predicted molar refractivity (Wildman–Crippen MR) is 90.6 cm³/mol. The van der Waals surface area contributed by atoms with Crippen molar-refractivity contribution in [3.63, 3.8) is 0 Å². The van der Waals surface area contributed by atoms with Gasteiger partial charge in [-0.15, -0.1) is 0 Å². The Hall–Kier alpha value is -2.23. The van der Waals surface area contributed by atoms with Crippen LogP contribution >= 0.6 is 0 Å². The lowest BCUT2D eigenvalue weighted by Gasteiger charge is -2.17. The van der Waals surface area contributed by atoms with Gasteiger partial charge in [0.2, 0.25) is 0 Å². The lowest BCUT2D eigenvalue weighted by atomic mass is 9.90. The van der Waals surface area contributed by atoms with Crippen LogP contribution in [0, 0.1) is 13.8 Å². The normalized spacial score (nSPS) is 13.7. The van der Waals surface area contributed by atoms with Crippen molar-refractivity contribution in [1.29, 1.82) is 0 Å². The van der Waals surface area contributed by atoms with Gasteiger partial charge in [0.1, 0.15) is 18.1 Å². The zero-order valence-electron chi connectivity index (χ0n) is 14.3. The number of aliphatic carboxylic acids is 1. The molecule has 1 aliphatic heterocycles. The molecule has 0 saturated carbocycles. The molecule has 1 aromatic carbocycles. The molecule has 0 aliphatic carbocycles. The second-order valence-corrected chi connectivity index (χ2v) is 5.98. The molecular weight excluding hydrogens is 292 g/mol. The number of rotatable bonds is 6. The van der Waals surface area contributed by atoms with Crippen LogP contribution in [0.15, 0.2) is 18.2 Å². The Morgan fingerprint density at radius 3 is 2.65 bits per heavy atom. The van der Waals surface area contributed by atoms with Crippen molar-refractivity contribution < 1.29 is 19.4 Å². The SMILES string of the molecule is C=C1OCc2c(C)c(OC)c(C/C=C(\C)CCC(=O)O)c(C)c21. The summed E-state index contributed by atoms with van der Waals surface area (Å²) in [6.07, 6.45) is 3.52. The predicted octanol–water partition coefficient (Wildman–Crippen LogP) is 4.17. The lowest BCUT2D eigenvalue weighted by Crippen LogP contribution is -2.03. The Labute approximate surface area is 137 Å². The van der Waals surface area contributed by atoms with E-state index in [9.17, 15) is 4.79 Å². The van der Waals surface area contributed by atoms with Crippen LogP contribution in [0.1, 0.15) is 47.6 Å². The van der Waals surface area contributed by atoms with Gasteiger partial charge in [0.15, 0.2) is 0 Å². The van der Waals surface area contributed by atoms with Gasteiger partial charge in [-0.3, -0.25) is 4.79 Å². The van der Waals surface area contributed by atoms with E-state index in [1.54, 1.807) is 7.11 Å². The summed E-state index contributed by atoms with van der Waals surface area (Å²) in [7, 11) is 1.68. The number of benzene rings is 1. The van der Waals surface area contributed by atoms with Gasteiger partial charge >= 0.3 is 5.97 Å². The molecule has 0 fully saturated rings. The van der Waals surface area contributed by atoms with Crippen molar-refractivity contribution in [2.75, 3.05) is 7.11 Å². The molecule has 0 unspecified atom stereocenters. The minimum absolute atomic E-state index is 0.159. The second kappa shape index (κ2) is 6.90. The Kier molecular flexibility index (Phi) is 5.14. The topological polar surface area (TPSA) is 55.8 Å². The molecule has 1 heterocycles. The highest BCUT2D eigenvalue weighted by molar-refractivity contribution is 5.73. The highest BCUT2D eigenvalue weighted by Crippen LogP contribution is 2.41. The molecule has 0 amide bonds. The van der Waals surface area contributed by atoms with E-state index in [0.717, 1.165) is 44.9 Å². The maximum Gasteiger partial charge on any atom is 0.303 e. The van der Waals surface area contributed by atoms with E-state index < -0.39 is 5.97 Å². The smallest absolute Gasteiger partial charge is 0.303 e. The number of allylic oxidation sites excluding steroid dienone is 2. The van der Waals surface area contributed by atoms with Crippen LogP contribution in [0.5, 0.6) is 5.75 Å². The van der Waals surface area contributed by atoms with Gasteiger partial charge in [0, 0.05) is 23.1 Å². The van der Waals surface area contributed by atoms with Crippen LogP contribution in [0.2, 0.25) is 0 Å². The van der Waals surface area contributed by atoms with Gasteiger partial charge in [-0.05, 0) is 44.7 Å². The Balaban J connectivity index is 2.37. The minimum Gasteiger partial charge on any atom is -0.496 e. The molecule has 0 atom stereocenters. The summed E-state index contributed by atoms with van der Waals surface area (Å²) in [5, 5.41) is 8.77. The van der Waals surface area contributed by atoms with Gasteiger partial charge in [-0.2, -0.15) is 0 Å². The molecule has 0 aromatic heterocycles. The third-order valence-electron chi connectivity index (χ3n) is 4.46. The second-order valence-electron chi connectivity index (χ2n) is 5.98. The number of hydrogen-bond donors (Lipinski definition) is 1. The number of fused-ring (bicyclic) bond motifs is 1. The molecule has 4 heteroatoms. The number of carboxylic acids is 1. The first-order chi connectivity index (χ1) is 10.9. The Morgan fingerprint density at radius 2 is 2.04 bits per heavy atom. The van der Waals surface area contributed by atoms with Crippen LogP contribution in [-0.4, -0.2) is 18.2 Å². The number of carboxylic acid groups (broad SMARTS) is 1. The molecule has 124 valence electrons. The van der Waals surface area contributed by atoms with E-state index in [2.05, 4.69) is 19.6 Å². The van der Waals surface area contributed by atoms with Crippen molar-refractivity contribution in [2.24, 2.45) is 0 Å². The summed E-state index contributed by atoms with van der Waals surface area (Å²) in [5.41, 5.74) is 6.66. The summed E-state index contributed by atoms with van der Waals surface area (Å²) in [6.45, 7) is 10.6. The Bertz CT molecular complexity index is 683. The molecule has 0 radical (unpaired) electrons. The first-order valence-electron chi connectivity index (χ1n) is 7.75. The molecular formula is C19H24O4. The summed E-state index contributed by atoms with van der Waals surface area (Å²) < 4.78 is 11.2. The molecule has 0 saturated heterocycles. The quantitative estimate of drug-likeness (QED) is 0.800. The first kappa shape index (κ1) is 17.1. The van der Waals surface area contributed by atoms with E-state index in [0.29, 0.717) is 19.4 Å². The number of hydrogen-bond acceptors (Lipinski definition) is 3. The van der Waals surface area contributed by atoms with Crippen molar-refractivity contribution in [1.82, 2.24) is 0 Å². The maximum atomic E-state index is 10.7. The molecule has 1 aliphatic rings. The maximum absolute atomic E-state index is 10.7. The number of methoxy groups -OCH3 is 1. The Morgan fingerprint density at radius 1 is 1.35 bits per heavy atom. The van der Waals surface area contributed by atoms with Crippen LogP contribution in [0.25, 0.3) is 5.76 Å². The largest absolute Gasteiger partial charge is 0.496 e. The van der Waals surface area contributed by atoms with Crippen molar-refractivity contribution in [3.05, 3.63) is 46.0 Å². The van der Waals surface area contributed by atoms with E-state index in [-0.39, 0.29) is 6.42 Å². The highest BCUT2D eigenvalue weighted by atomic mass is 16.5. The van der Waals surface area contributed by atoms with Crippen LogP contribution in [0.3, 0.4) is 0 Å². The van der Waals surface area contributed by atoms with Crippen LogP contribution < -0.4 is 4.74 Å². The fraction of sp³-hybridized carbons (Fsp3) is 0.421. The van der Waals surface area contributed by atoms with Gasteiger partial charge in [0.25, 0.3) is 0 Å². The fourth-order valence-corrected chi connectivity index (χ4v) is 3.09. The average molecular weight is 316 g/mol. The number of carbonyl (C=O) groups is 1. The molecule has 0 bridgehead atoms. The zero-order chi connectivity index (χ0) is 17.1. The third-order valence-corrected chi connectivity index (χ3v) is 4.46. The molecule has 1 aromatic rings. The van der Waals surface area contributed by atoms with Gasteiger partial charge in [0.05, 0.1) is 7.11 Å². The van der Waals surface area contributed by atoms with Gasteiger partial charge < -0.3 is 14.6 Å². The van der Waals surface area contributed by atoms with E-state index in [1.807, 2.05) is 13.8 Å². The minimum atomic E-state index is -0.770. The zero-order valence-corrected chi connectivity index (χ0v) is 14.3. The first-order valence-corrected chi connectivity index (χ1v) is 7.75. The molecule has 4 nitrogen and oxygen atoms in total. The molecule has 2 rings (SSSR count). The number of ether oxygens (including phenoxy) is 2. The van der Waals surface area contributed by atoms with E-state index in [4.69, 9.17) is 14.6 Å². The monoisotopic (exact) mass is 316 g/mol. The molecule has 1 N–H and O–H groups in total. The highest BCUT2D eigenvalue weighted by Gasteiger charge is 2.26. The summed E-state index contributed by atoms with van der Waals surface area (Å²) in [6, 6.07) is 0. The summed E-state index contributed by atoms with van der Waals surface area (Å²) >= 11 is 0. The van der Waals surface area contributed by atoms with Gasteiger partial charge in [-0.25, -0.2) is 0 Å². The standard InChI is InChI=1S/C19H24O4/c1-11(7-9-17(20)21)6-8-15-12(2)18-14(4)23-10-16(18)13(3)19(15)22-5/h6H,4,7-10H2,1-3,5H3,(H,20,21)/b11-6+. The van der Waals surface area contributed by atoms with Crippen molar-refractivity contribution in [3.8, 4) is 5.75 Å². The van der Waals surface area contributed by atoms with E-state index >= 15 is 0 Å². The van der Waals surface area contributed by atoms with Crippen molar-refractivity contribution in [2.45, 2.75) is 46.6 Å².